The maximum Gasteiger partial charge on any atom is 0.262 e. The van der Waals surface area contributed by atoms with E-state index in [1.165, 1.54) is 6.42 Å². The van der Waals surface area contributed by atoms with Crippen LogP contribution in [-0.2, 0) is 4.79 Å². The summed E-state index contributed by atoms with van der Waals surface area (Å²) in [6, 6.07) is 0. The van der Waals surface area contributed by atoms with E-state index in [0.717, 1.165) is 12.8 Å². The monoisotopic (exact) mass is 173 g/mol. The van der Waals surface area contributed by atoms with Crippen molar-refractivity contribution in [1.29, 1.82) is 0 Å². The van der Waals surface area contributed by atoms with E-state index < -0.39 is 0 Å². The zero-order valence-electron chi connectivity index (χ0n) is 6.61. The van der Waals surface area contributed by atoms with Crippen LogP contribution in [0.4, 0.5) is 0 Å². The molecule has 0 radical (unpaired) electrons. The molecule has 0 heterocycles. The summed E-state index contributed by atoms with van der Waals surface area (Å²) in [6.07, 6.45) is 3.28. The number of halogens is 1. The van der Waals surface area contributed by atoms with E-state index in [1.807, 2.05) is 6.92 Å². The van der Waals surface area contributed by atoms with Crippen molar-refractivity contribution in [2.75, 3.05) is 0 Å². The summed E-state index contributed by atoms with van der Waals surface area (Å²) in [5.41, 5.74) is -0.0189. The predicted molar refractivity (Wildman–Crippen MR) is 45.4 cm³/mol. The summed E-state index contributed by atoms with van der Waals surface area (Å²) >= 11 is 5.41. The fourth-order valence-corrected chi connectivity index (χ4v) is 1.22. The zero-order chi connectivity index (χ0) is 8.48. The first-order valence-corrected chi connectivity index (χ1v) is 4.08. The van der Waals surface area contributed by atoms with Crippen molar-refractivity contribution in [1.82, 2.24) is 5.32 Å². The van der Waals surface area contributed by atoms with Gasteiger partial charge in [0.2, 0.25) is 0 Å². The molecule has 0 aromatic rings. The molecule has 0 saturated heterocycles. The summed E-state index contributed by atoms with van der Waals surface area (Å²) in [4.78, 5) is 11.0. The molecule has 1 aliphatic rings. The van der Waals surface area contributed by atoms with E-state index in [2.05, 4.69) is 11.9 Å². The molecule has 0 unspecified atom stereocenters. The largest absolute Gasteiger partial charge is 0.346 e. The van der Waals surface area contributed by atoms with E-state index in [1.54, 1.807) is 0 Å². The van der Waals surface area contributed by atoms with Crippen LogP contribution in [0.3, 0.4) is 0 Å². The number of hydrogen-bond donors (Lipinski definition) is 1. The highest BCUT2D eigenvalue weighted by Gasteiger charge is 2.33. The standard InChI is InChI=1S/C8H12ClNO/c1-6(9)7(11)10-8(2)4-3-5-8/h1,3-5H2,2H3,(H,10,11). The second kappa shape index (κ2) is 2.86. The van der Waals surface area contributed by atoms with Crippen LogP contribution < -0.4 is 5.32 Å². The van der Waals surface area contributed by atoms with E-state index in [-0.39, 0.29) is 16.5 Å². The minimum Gasteiger partial charge on any atom is -0.346 e. The highest BCUT2D eigenvalue weighted by molar-refractivity contribution is 6.41. The third-order valence-corrected chi connectivity index (χ3v) is 2.29. The smallest absolute Gasteiger partial charge is 0.262 e. The lowest BCUT2D eigenvalue weighted by molar-refractivity contribution is -0.119. The minimum atomic E-state index is -0.242. The highest BCUT2D eigenvalue weighted by Crippen LogP contribution is 2.31. The van der Waals surface area contributed by atoms with Gasteiger partial charge in [-0.3, -0.25) is 4.79 Å². The quantitative estimate of drug-likeness (QED) is 0.634. The zero-order valence-corrected chi connectivity index (χ0v) is 7.37. The molecule has 0 aromatic carbocycles. The van der Waals surface area contributed by atoms with Crippen molar-refractivity contribution in [3.63, 3.8) is 0 Å². The first kappa shape index (κ1) is 8.60. The van der Waals surface area contributed by atoms with Gasteiger partial charge in [0.1, 0.15) is 0 Å². The van der Waals surface area contributed by atoms with Gasteiger partial charge in [0.15, 0.2) is 0 Å². The molecule has 3 heteroatoms. The summed E-state index contributed by atoms with van der Waals surface area (Å²) in [5, 5.41) is 2.89. The normalized spacial score (nSPS) is 20.2. The van der Waals surface area contributed by atoms with Crippen LogP contribution in [0.2, 0.25) is 0 Å². The van der Waals surface area contributed by atoms with Crippen molar-refractivity contribution < 1.29 is 4.79 Å². The molecule has 62 valence electrons. The SMILES string of the molecule is C=C(Cl)C(=O)NC1(C)CCC1. The number of amides is 1. The molecule has 1 rings (SSSR count). The van der Waals surface area contributed by atoms with Gasteiger partial charge in [0, 0.05) is 5.54 Å². The maximum absolute atomic E-state index is 11.0. The predicted octanol–water partition coefficient (Wildman–Crippen LogP) is 1.80. The van der Waals surface area contributed by atoms with Gasteiger partial charge >= 0.3 is 0 Å². The Labute approximate surface area is 71.6 Å². The third kappa shape index (κ3) is 1.96. The van der Waals surface area contributed by atoms with Crippen molar-refractivity contribution in [3.8, 4) is 0 Å². The summed E-state index contributed by atoms with van der Waals surface area (Å²) in [5.74, 6) is -0.242. The Bertz CT molecular complexity index is 196. The lowest BCUT2D eigenvalue weighted by Gasteiger charge is -2.38. The Hall–Kier alpha value is -0.500. The number of nitrogens with one attached hydrogen (secondary N) is 1. The third-order valence-electron chi connectivity index (χ3n) is 2.12. The fraction of sp³-hybridized carbons (Fsp3) is 0.625. The van der Waals surface area contributed by atoms with Gasteiger partial charge in [-0.1, -0.05) is 18.2 Å². The van der Waals surface area contributed by atoms with Crippen LogP contribution in [0.1, 0.15) is 26.2 Å². The molecule has 0 spiro atoms. The van der Waals surface area contributed by atoms with E-state index >= 15 is 0 Å². The molecule has 1 N–H and O–H groups in total. The van der Waals surface area contributed by atoms with E-state index in [0.29, 0.717) is 0 Å². The molecule has 0 aromatic heterocycles. The Morgan fingerprint density at radius 3 is 2.45 bits per heavy atom. The number of hydrogen-bond acceptors (Lipinski definition) is 1. The van der Waals surface area contributed by atoms with Crippen LogP contribution in [0.5, 0.6) is 0 Å². The average molecular weight is 174 g/mol. The number of rotatable bonds is 2. The molecule has 11 heavy (non-hydrogen) atoms. The molecule has 0 aliphatic heterocycles. The number of carbonyl (C=O) groups excluding carboxylic acids is 1. The van der Waals surface area contributed by atoms with Gasteiger partial charge in [0.05, 0.1) is 5.03 Å². The Morgan fingerprint density at radius 2 is 2.18 bits per heavy atom. The van der Waals surface area contributed by atoms with Crippen molar-refractivity contribution >= 4 is 17.5 Å². The summed E-state index contributed by atoms with van der Waals surface area (Å²) < 4.78 is 0. The lowest BCUT2D eigenvalue weighted by atomic mass is 9.78. The van der Waals surface area contributed by atoms with Crippen LogP contribution in [0, 0.1) is 0 Å². The van der Waals surface area contributed by atoms with Crippen LogP contribution in [0.25, 0.3) is 0 Å². The molecule has 1 saturated carbocycles. The Morgan fingerprint density at radius 1 is 1.64 bits per heavy atom. The molecule has 2 nitrogen and oxygen atoms in total. The first-order chi connectivity index (χ1) is 5.03. The molecular weight excluding hydrogens is 162 g/mol. The minimum absolute atomic E-state index is 0.0189. The van der Waals surface area contributed by atoms with Gasteiger partial charge in [-0.05, 0) is 26.2 Å². The van der Waals surface area contributed by atoms with Crippen LogP contribution in [0.15, 0.2) is 11.6 Å². The van der Waals surface area contributed by atoms with Gasteiger partial charge in [-0.25, -0.2) is 0 Å². The van der Waals surface area contributed by atoms with Crippen molar-refractivity contribution in [3.05, 3.63) is 11.6 Å². The molecule has 0 bridgehead atoms. The van der Waals surface area contributed by atoms with Crippen LogP contribution in [-0.4, -0.2) is 11.4 Å². The van der Waals surface area contributed by atoms with Crippen molar-refractivity contribution in [2.24, 2.45) is 0 Å². The molecule has 1 fully saturated rings. The Balaban J connectivity index is 2.41. The maximum atomic E-state index is 11.0. The summed E-state index contributed by atoms with van der Waals surface area (Å²) in [7, 11) is 0. The second-order valence-corrected chi connectivity index (χ2v) is 3.73. The van der Waals surface area contributed by atoms with Crippen molar-refractivity contribution in [2.45, 2.75) is 31.7 Å². The van der Waals surface area contributed by atoms with Crippen LogP contribution >= 0.6 is 11.6 Å². The molecule has 1 aliphatic carbocycles. The molecule has 1 amide bonds. The van der Waals surface area contributed by atoms with Gasteiger partial charge in [-0.2, -0.15) is 0 Å². The van der Waals surface area contributed by atoms with Gasteiger partial charge in [-0.15, -0.1) is 0 Å². The average Bonchev–Trinajstić information content (AvgIpc) is 1.84. The molecule has 0 atom stereocenters. The fourth-order valence-electron chi connectivity index (χ4n) is 1.17. The van der Waals surface area contributed by atoms with E-state index in [9.17, 15) is 4.79 Å². The summed E-state index contributed by atoms with van der Waals surface area (Å²) in [6.45, 7) is 5.37. The van der Waals surface area contributed by atoms with Gasteiger partial charge in [0.25, 0.3) is 5.91 Å². The topological polar surface area (TPSA) is 29.1 Å². The number of carbonyl (C=O) groups is 1. The lowest BCUT2D eigenvalue weighted by Crippen LogP contribution is -2.50. The molecular formula is C8H12ClNO. The Kier molecular flexibility index (Phi) is 2.23. The first-order valence-electron chi connectivity index (χ1n) is 3.70. The highest BCUT2D eigenvalue weighted by atomic mass is 35.5. The van der Waals surface area contributed by atoms with Gasteiger partial charge < -0.3 is 5.32 Å². The van der Waals surface area contributed by atoms with E-state index in [4.69, 9.17) is 11.6 Å². The second-order valence-electron chi connectivity index (χ2n) is 3.27.